The molecule has 34 heavy (non-hydrogen) atoms. The van der Waals surface area contributed by atoms with Gasteiger partial charge in [-0.25, -0.2) is 13.4 Å². The van der Waals surface area contributed by atoms with Crippen LogP contribution in [-0.4, -0.2) is 34.8 Å². The van der Waals surface area contributed by atoms with E-state index in [-0.39, 0.29) is 51.5 Å². The van der Waals surface area contributed by atoms with Crippen LogP contribution in [0.15, 0.2) is 29.1 Å². The average molecular weight is 498 g/mol. The highest BCUT2D eigenvalue weighted by atomic mass is 32.2. The predicted molar refractivity (Wildman–Crippen MR) is 120 cm³/mol. The van der Waals surface area contributed by atoms with Gasteiger partial charge in [0.05, 0.1) is 28.4 Å². The van der Waals surface area contributed by atoms with Crippen LogP contribution in [0.5, 0.6) is 0 Å². The molecule has 4 N–H and O–H groups in total. The lowest BCUT2D eigenvalue weighted by Gasteiger charge is -2.17. The summed E-state index contributed by atoms with van der Waals surface area (Å²) in [5.74, 6) is -0.593. The van der Waals surface area contributed by atoms with Gasteiger partial charge in [0.25, 0.3) is 5.56 Å². The molecule has 0 radical (unpaired) electrons. The number of sulfonamides is 1. The number of nitrogens with zero attached hydrogens (tertiary/aromatic N) is 2. The minimum absolute atomic E-state index is 0.0275. The minimum Gasteiger partial charge on any atom is -0.353 e. The van der Waals surface area contributed by atoms with Gasteiger partial charge in [0.2, 0.25) is 15.9 Å². The first-order valence-electron chi connectivity index (χ1n) is 10.3. The summed E-state index contributed by atoms with van der Waals surface area (Å²) in [6, 6.07) is 3.88. The van der Waals surface area contributed by atoms with Crippen LogP contribution in [0.3, 0.4) is 0 Å². The third-order valence-electron chi connectivity index (χ3n) is 5.27. The van der Waals surface area contributed by atoms with E-state index >= 15 is 0 Å². The van der Waals surface area contributed by atoms with E-state index in [1.54, 1.807) is 0 Å². The summed E-state index contributed by atoms with van der Waals surface area (Å²) in [5, 5.41) is 8.32. The second-order valence-corrected chi connectivity index (χ2v) is 9.92. The van der Waals surface area contributed by atoms with Crippen molar-refractivity contribution >= 4 is 49.8 Å². The van der Waals surface area contributed by atoms with Gasteiger partial charge in [-0.15, -0.1) is 0 Å². The van der Waals surface area contributed by atoms with E-state index < -0.39 is 27.3 Å². The summed E-state index contributed by atoms with van der Waals surface area (Å²) in [6.07, 6.45) is -3.19. The number of aromatic nitrogens is 3. The minimum atomic E-state index is -4.70. The Labute approximate surface area is 191 Å². The number of pyridine rings is 1. The van der Waals surface area contributed by atoms with Gasteiger partial charge in [0, 0.05) is 19.0 Å². The number of rotatable bonds is 7. The predicted octanol–water partition coefficient (Wildman–Crippen LogP) is 3.13. The van der Waals surface area contributed by atoms with Crippen LogP contribution in [-0.2, 0) is 28.0 Å². The molecular formula is C20H21F3N6O4S. The van der Waals surface area contributed by atoms with Crippen LogP contribution in [0, 0.1) is 5.92 Å². The quantitative estimate of drug-likeness (QED) is 0.395. The lowest BCUT2D eigenvalue weighted by molar-refractivity contribution is -0.137. The Kier molecular flexibility index (Phi) is 5.79. The summed E-state index contributed by atoms with van der Waals surface area (Å²) in [4.78, 5) is 29.1. The normalized spacial score (nSPS) is 14.3. The molecule has 0 spiro atoms. The molecule has 1 aliphatic carbocycles. The summed E-state index contributed by atoms with van der Waals surface area (Å²) in [5.41, 5.74) is -1.66. The maximum Gasteiger partial charge on any atom is 0.416 e. The number of carbonyl (C=O) groups excluding carboxylic acids is 1. The Morgan fingerprint density at radius 3 is 2.53 bits per heavy atom. The second-order valence-electron chi connectivity index (χ2n) is 7.91. The van der Waals surface area contributed by atoms with Crippen LogP contribution in [0.4, 0.5) is 36.1 Å². The Bertz CT molecular complexity index is 1440. The van der Waals surface area contributed by atoms with E-state index in [1.165, 1.54) is 20.0 Å². The first-order chi connectivity index (χ1) is 15.9. The fourth-order valence-electron chi connectivity index (χ4n) is 3.26. The highest BCUT2D eigenvalue weighted by molar-refractivity contribution is 7.92. The monoisotopic (exact) mass is 498 g/mol. The van der Waals surface area contributed by atoms with Gasteiger partial charge in [-0.1, -0.05) is 0 Å². The zero-order valence-corrected chi connectivity index (χ0v) is 18.9. The summed E-state index contributed by atoms with van der Waals surface area (Å²) >= 11 is 0. The SMILES string of the molecule is CCS(=O)(=O)Nc1cc(C(F)(F)F)ccc1Nc1cc(NC(=O)C2CC2)nc2[nH]n(C)c(=O)c12. The van der Waals surface area contributed by atoms with Crippen molar-refractivity contribution in [3.8, 4) is 0 Å². The van der Waals surface area contributed by atoms with Crippen molar-refractivity contribution in [2.45, 2.75) is 25.9 Å². The molecule has 3 aromatic rings. The zero-order valence-electron chi connectivity index (χ0n) is 18.1. The highest BCUT2D eigenvalue weighted by Gasteiger charge is 2.32. The van der Waals surface area contributed by atoms with E-state index in [4.69, 9.17) is 0 Å². The second kappa shape index (κ2) is 8.34. The zero-order chi connectivity index (χ0) is 24.8. The maximum absolute atomic E-state index is 13.3. The van der Waals surface area contributed by atoms with Gasteiger partial charge < -0.3 is 10.6 Å². The molecule has 0 bridgehead atoms. The molecule has 2 heterocycles. The number of anilines is 4. The van der Waals surface area contributed by atoms with Crippen LogP contribution in [0.2, 0.25) is 0 Å². The van der Waals surface area contributed by atoms with Crippen molar-refractivity contribution in [3.63, 3.8) is 0 Å². The van der Waals surface area contributed by atoms with Crippen molar-refractivity contribution in [2.75, 3.05) is 21.1 Å². The fraction of sp³-hybridized carbons (Fsp3) is 0.350. The Hall–Kier alpha value is -3.55. The maximum atomic E-state index is 13.3. The molecule has 0 saturated heterocycles. The van der Waals surface area contributed by atoms with Crippen molar-refractivity contribution in [1.82, 2.24) is 14.8 Å². The van der Waals surface area contributed by atoms with Gasteiger partial charge in [-0.05, 0) is 38.0 Å². The van der Waals surface area contributed by atoms with Crippen LogP contribution in [0.1, 0.15) is 25.3 Å². The number of halogens is 3. The van der Waals surface area contributed by atoms with Crippen LogP contribution in [0.25, 0.3) is 11.0 Å². The summed E-state index contributed by atoms with van der Waals surface area (Å²) in [6.45, 7) is 1.34. The first-order valence-corrected chi connectivity index (χ1v) is 11.9. The van der Waals surface area contributed by atoms with E-state index in [2.05, 4.69) is 25.4 Å². The smallest absolute Gasteiger partial charge is 0.353 e. The summed E-state index contributed by atoms with van der Waals surface area (Å²) < 4.78 is 67.3. The average Bonchev–Trinajstić information content (AvgIpc) is 3.55. The number of hydrogen-bond acceptors (Lipinski definition) is 6. The molecule has 1 amide bonds. The molecule has 1 saturated carbocycles. The van der Waals surface area contributed by atoms with Gasteiger partial charge >= 0.3 is 6.18 Å². The van der Waals surface area contributed by atoms with E-state index in [9.17, 15) is 31.2 Å². The number of carbonyl (C=O) groups is 1. The molecule has 182 valence electrons. The van der Waals surface area contributed by atoms with Gasteiger partial charge in [0.1, 0.15) is 11.2 Å². The van der Waals surface area contributed by atoms with Gasteiger partial charge in [0.15, 0.2) is 5.65 Å². The molecule has 0 aliphatic heterocycles. The molecule has 14 heteroatoms. The first kappa shape index (κ1) is 23.6. The van der Waals surface area contributed by atoms with Crippen molar-refractivity contribution in [1.29, 1.82) is 0 Å². The Morgan fingerprint density at radius 2 is 1.91 bits per heavy atom. The number of fused-ring (bicyclic) bond motifs is 1. The van der Waals surface area contributed by atoms with Crippen molar-refractivity contribution in [2.24, 2.45) is 13.0 Å². The fourth-order valence-corrected chi connectivity index (χ4v) is 3.90. The molecule has 1 fully saturated rings. The van der Waals surface area contributed by atoms with Crippen molar-refractivity contribution in [3.05, 3.63) is 40.2 Å². The molecule has 1 aromatic carbocycles. The number of alkyl halides is 3. The molecular weight excluding hydrogens is 477 g/mol. The standard InChI is InChI=1S/C20H21F3N6O4S/c1-3-34(32,33)28-13-8-11(20(21,22)23)6-7-12(13)24-14-9-15(26-18(30)10-4-5-10)25-17-16(14)19(31)29(2)27-17/h6-10,28H,3-5H2,1-2H3,(H3,24,25,26,27,30). The lowest BCUT2D eigenvalue weighted by atomic mass is 10.1. The Morgan fingerprint density at radius 1 is 1.21 bits per heavy atom. The number of aromatic amines is 1. The highest BCUT2D eigenvalue weighted by Crippen LogP contribution is 2.37. The van der Waals surface area contributed by atoms with Gasteiger partial charge in [-0.3, -0.25) is 24.1 Å². The number of benzene rings is 1. The van der Waals surface area contributed by atoms with Crippen molar-refractivity contribution < 1.29 is 26.4 Å². The Balaban J connectivity index is 1.81. The number of H-pyrrole nitrogens is 1. The van der Waals surface area contributed by atoms with E-state index in [0.717, 1.165) is 29.7 Å². The molecule has 4 rings (SSSR count). The number of aryl methyl sites for hydroxylation is 1. The molecule has 10 nitrogen and oxygen atoms in total. The van der Waals surface area contributed by atoms with Gasteiger partial charge in [-0.2, -0.15) is 13.2 Å². The number of amides is 1. The number of hydrogen-bond donors (Lipinski definition) is 4. The molecule has 0 atom stereocenters. The largest absolute Gasteiger partial charge is 0.416 e. The molecule has 0 unspecified atom stereocenters. The molecule has 2 aromatic heterocycles. The third-order valence-corrected chi connectivity index (χ3v) is 6.56. The topological polar surface area (TPSA) is 138 Å². The van der Waals surface area contributed by atoms with E-state index in [0.29, 0.717) is 6.07 Å². The third kappa shape index (κ3) is 4.85. The van der Waals surface area contributed by atoms with E-state index in [1.807, 2.05) is 0 Å². The van der Waals surface area contributed by atoms with Crippen LogP contribution < -0.4 is 20.9 Å². The number of nitrogens with one attached hydrogen (secondary N) is 4. The summed E-state index contributed by atoms with van der Waals surface area (Å²) in [7, 11) is -2.47. The molecule has 1 aliphatic rings. The lowest BCUT2D eigenvalue weighted by Crippen LogP contribution is -2.17. The van der Waals surface area contributed by atoms with Crippen LogP contribution >= 0.6 is 0 Å².